The van der Waals surface area contributed by atoms with E-state index in [-0.39, 0.29) is 25.8 Å². The number of nitrogens with one attached hydrogen (secondary N) is 1. The molecule has 0 aliphatic carbocycles. The molecule has 0 radical (unpaired) electrons. The zero-order valence-electron chi connectivity index (χ0n) is 8.89. The van der Waals surface area contributed by atoms with Gasteiger partial charge in [-0.3, -0.25) is 10.1 Å². The Morgan fingerprint density at radius 1 is 1.17 bits per heavy atom. The van der Waals surface area contributed by atoms with Gasteiger partial charge in [-0.25, -0.2) is 10.2 Å². The Bertz CT molecular complexity index is 513. The smallest absolute Gasteiger partial charge is 0.258 e. The van der Waals surface area contributed by atoms with Crippen molar-refractivity contribution in [1.29, 1.82) is 5.41 Å². The van der Waals surface area contributed by atoms with E-state index >= 15 is 0 Å². The average molecular weight is 332 g/mol. The maximum atomic E-state index is 10.8. The summed E-state index contributed by atoms with van der Waals surface area (Å²) in [5.74, 6) is 0. The number of carbonyl (C=O) groups excluding carboxylic acids is 1. The van der Waals surface area contributed by atoms with E-state index in [4.69, 9.17) is 56.6 Å². The van der Waals surface area contributed by atoms with Gasteiger partial charge in [-0.15, -0.1) is 0 Å². The SMILES string of the molecule is CCc1c(Cl)c(Cl)c(Cl)c(Cl)c1[N+](=O)[O-].N=C=O. The predicted octanol–water partition coefficient (Wildman–Crippen LogP) is 4.67. The van der Waals surface area contributed by atoms with Gasteiger partial charge in [0.15, 0.2) is 0 Å². The standard InChI is InChI=1S/C8H5Cl4NO2.CHNO/c1-2-3-4(9)5(10)6(11)7(12)8(3)13(14)15;2-1-3/h2H2,1H3;2H. The van der Waals surface area contributed by atoms with Gasteiger partial charge < -0.3 is 0 Å². The van der Waals surface area contributed by atoms with Gasteiger partial charge in [-0.05, 0) is 6.42 Å². The summed E-state index contributed by atoms with van der Waals surface area (Å²) in [7, 11) is 0. The lowest BCUT2D eigenvalue weighted by Gasteiger charge is -2.08. The van der Waals surface area contributed by atoms with Crippen molar-refractivity contribution in [3.63, 3.8) is 0 Å². The molecule has 0 fully saturated rings. The number of nitro groups is 1. The number of hydrogen-bond donors (Lipinski definition) is 1. The lowest BCUT2D eigenvalue weighted by Crippen LogP contribution is -1.98. The predicted molar refractivity (Wildman–Crippen MR) is 70.9 cm³/mol. The van der Waals surface area contributed by atoms with E-state index in [0.717, 1.165) is 6.08 Å². The minimum atomic E-state index is -0.616. The average Bonchev–Trinajstić information content (AvgIpc) is 2.31. The molecule has 0 bridgehead atoms. The summed E-state index contributed by atoms with van der Waals surface area (Å²) in [5.41, 5.74) is 0.0135. The molecular weight excluding hydrogens is 326 g/mol. The highest BCUT2D eigenvalue weighted by Crippen LogP contribution is 2.45. The molecule has 0 aromatic heterocycles. The van der Waals surface area contributed by atoms with Crippen molar-refractivity contribution in [1.82, 2.24) is 0 Å². The van der Waals surface area contributed by atoms with Gasteiger partial charge in [0.25, 0.3) is 5.69 Å². The van der Waals surface area contributed by atoms with Crippen LogP contribution >= 0.6 is 46.4 Å². The summed E-state index contributed by atoms with van der Waals surface area (Å²) in [6, 6.07) is 0. The second-order valence-corrected chi connectivity index (χ2v) is 4.31. The quantitative estimate of drug-likeness (QED) is 0.213. The van der Waals surface area contributed by atoms with E-state index in [2.05, 4.69) is 0 Å². The Kier molecular flexibility index (Phi) is 7.21. The van der Waals surface area contributed by atoms with Gasteiger partial charge >= 0.3 is 0 Å². The molecule has 1 rings (SSSR count). The molecule has 0 unspecified atom stereocenters. The third-order valence-electron chi connectivity index (χ3n) is 1.87. The van der Waals surface area contributed by atoms with E-state index in [1.807, 2.05) is 0 Å². The second-order valence-electron chi connectivity index (χ2n) is 2.80. The molecule has 0 aliphatic heterocycles. The van der Waals surface area contributed by atoms with Gasteiger partial charge in [0.1, 0.15) is 5.02 Å². The molecule has 0 saturated carbocycles. The lowest BCUT2D eigenvalue weighted by atomic mass is 10.1. The van der Waals surface area contributed by atoms with Crippen LogP contribution in [0.5, 0.6) is 0 Å². The Morgan fingerprint density at radius 3 is 1.89 bits per heavy atom. The lowest BCUT2D eigenvalue weighted by molar-refractivity contribution is -0.385. The summed E-state index contributed by atoms with van der Waals surface area (Å²) >= 11 is 23.1. The van der Waals surface area contributed by atoms with Crippen LogP contribution in [0.3, 0.4) is 0 Å². The summed E-state index contributed by atoms with van der Waals surface area (Å²) in [5, 5.41) is 16.0. The van der Waals surface area contributed by atoms with Crippen molar-refractivity contribution in [2.75, 3.05) is 0 Å². The Morgan fingerprint density at radius 2 is 1.56 bits per heavy atom. The van der Waals surface area contributed by atoms with Crippen LogP contribution in [0.25, 0.3) is 0 Å². The highest BCUT2D eigenvalue weighted by atomic mass is 35.5. The Labute approximate surface area is 122 Å². The molecule has 5 nitrogen and oxygen atoms in total. The van der Waals surface area contributed by atoms with Gasteiger partial charge in [0, 0.05) is 0 Å². The number of rotatable bonds is 2. The molecule has 0 atom stereocenters. The van der Waals surface area contributed by atoms with Crippen LogP contribution in [0.4, 0.5) is 5.69 Å². The van der Waals surface area contributed by atoms with Gasteiger partial charge in [0.2, 0.25) is 6.08 Å². The maximum absolute atomic E-state index is 10.8. The molecule has 0 amide bonds. The molecule has 98 valence electrons. The van der Waals surface area contributed by atoms with Crippen molar-refractivity contribution in [3.8, 4) is 0 Å². The summed E-state index contributed by atoms with van der Waals surface area (Å²) in [6.07, 6.45) is 1.10. The fourth-order valence-electron chi connectivity index (χ4n) is 1.18. The summed E-state index contributed by atoms with van der Waals surface area (Å²) < 4.78 is 0. The van der Waals surface area contributed by atoms with Crippen molar-refractivity contribution in [2.45, 2.75) is 13.3 Å². The minimum Gasteiger partial charge on any atom is -0.258 e. The van der Waals surface area contributed by atoms with Gasteiger partial charge in [-0.2, -0.15) is 0 Å². The van der Waals surface area contributed by atoms with Crippen LogP contribution in [0, 0.1) is 15.5 Å². The fraction of sp³-hybridized carbons (Fsp3) is 0.222. The second kappa shape index (κ2) is 7.56. The first-order valence-electron chi connectivity index (χ1n) is 4.36. The van der Waals surface area contributed by atoms with Crippen molar-refractivity contribution in [3.05, 3.63) is 35.8 Å². The zero-order chi connectivity index (χ0) is 14.5. The highest BCUT2D eigenvalue weighted by molar-refractivity contribution is 6.52. The number of isocyanates is 1. The monoisotopic (exact) mass is 330 g/mol. The molecule has 1 N–H and O–H groups in total. The molecule has 0 aliphatic rings. The molecule has 1 aromatic rings. The Balaban J connectivity index is 0.000000873. The largest absolute Gasteiger partial charge is 0.294 e. The van der Waals surface area contributed by atoms with Crippen molar-refractivity contribution >= 4 is 58.2 Å². The summed E-state index contributed by atoms with van der Waals surface area (Å²) in [6.45, 7) is 1.72. The maximum Gasteiger partial charge on any atom is 0.294 e. The van der Waals surface area contributed by atoms with E-state index in [9.17, 15) is 10.1 Å². The zero-order valence-corrected chi connectivity index (χ0v) is 11.9. The third kappa shape index (κ3) is 3.57. The van der Waals surface area contributed by atoms with Gasteiger partial charge in [0.05, 0.1) is 25.6 Å². The van der Waals surface area contributed by atoms with E-state index in [1.54, 1.807) is 6.92 Å². The molecule has 1 aromatic carbocycles. The van der Waals surface area contributed by atoms with Crippen molar-refractivity contribution in [2.24, 2.45) is 0 Å². The van der Waals surface area contributed by atoms with Gasteiger partial charge in [-0.1, -0.05) is 53.3 Å². The molecular formula is C9H6Cl4N2O3. The summed E-state index contributed by atoms with van der Waals surface area (Å²) in [4.78, 5) is 18.5. The third-order valence-corrected chi connectivity index (χ3v) is 3.70. The first-order valence-corrected chi connectivity index (χ1v) is 5.87. The number of nitrogens with zero attached hydrogens (tertiary/aromatic N) is 1. The highest BCUT2D eigenvalue weighted by Gasteiger charge is 2.26. The van der Waals surface area contributed by atoms with Crippen LogP contribution in [0.1, 0.15) is 12.5 Å². The Hall–Kier alpha value is -0.840. The van der Waals surface area contributed by atoms with Crippen LogP contribution in [-0.4, -0.2) is 11.0 Å². The first kappa shape index (κ1) is 17.2. The normalized spacial score (nSPS) is 9.17. The molecule has 0 saturated heterocycles. The van der Waals surface area contributed by atoms with E-state index in [1.165, 1.54) is 0 Å². The number of nitro benzene ring substituents is 1. The molecule has 0 heterocycles. The van der Waals surface area contributed by atoms with Crippen LogP contribution in [-0.2, 0) is 11.2 Å². The number of hydrogen-bond acceptors (Lipinski definition) is 4. The minimum absolute atomic E-state index is 0.0470. The topological polar surface area (TPSA) is 84.1 Å². The number of halogens is 4. The van der Waals surface area contributed by atoms with Crippen LogP contribution in [0.2, 0.25) is 20.1 Å². The molecule has 18 heavy (non-hydrogen) atoms. The van der Waals surface area contributed by atoms with E-state index in [0.29, 0.717) is 12.0 Å². The number of benzene rings is 1. The van der Waals surface area contributed by atoms with Crippen LogP contribution < -0.4 is 0 Å². The molecule has 0 spiro atoms. The fourth-order valence-corrected chi connectivity index (χ4v) is 2.26. The molecule has 9 heteroatoms. The first-order chi connectivity index (χ1) is 8.33. The van der Waals surface area contributed by atoms with Crippen LogP contribution in [0.15, 0.2) is 0 Å². The van der Waals surface area contributed by atoms with E-state index < -0.39 is 4.92 Å². The van der Waals surface area contributed by atoms with Crippen molar-refractivity contribution < 1.29 is 9.72 Å².